The number of rotatable bonds is 6. The number of aliphatic hydroxyl groups is 1. The summed E-state index contributed by atoms with van der Waals surface area (Å²) in [5.74, 6) is -2.29. The van der Waals surface area contributed by atoms with Crippen LogP contribution < -0.4 is 10.1 Å². The Kier molecular flexibility index (Phi) is 6.04. The summed E-state index contributed by atoms with van der Waals surface area (Å²) in [5, 5.41) is 12.8. The van der Waals surface area contributed by atoms with Gasteiger partial charge in [0.15, 0.2) is 11.6 Å². The van der Waals surface area contributed by atoms with Crippen molar-refractivity contribution in [2.24, 2.45) is 0 Å². The normalized spacial score (nSPS) is 20.0. The van der Waals surface area contributed by atoms with Crippen molar-refractivity contribution in [1.82, 2.24) is 10.2 Å². The Labute approximate surface area is 179 Å². The van der Waals surface area contributed by atoms with E-state index in [0.717, 1.165) is 22.6 Å². The van der Waals surface area contributed by atoms with Crippen LogP contribution in [0.2, 0.25) is 0 Å². The van der Waals surface area contributed by atoms with Crippen molar-refractivity contribution in [2.75, 3.05) is 13.2 Å². The molecule has 0 spiro atoms. The summed E-state index contributed by atoms with van der Waals surface area (Å²) in [6.45, 7) is 7.26. The maximum Gasteiger partial charge on any atom is 0.325 e. The van der Waals surface area contributed by atoms with Crippen LogP contribution in [0.25, 0.3) is 0 Å². The first-order valence-corrected chi connectivity index (χ1v) is 9.93. The van der Waals surface area contributed by atoms with Gasteiger partial charge in [-0.05, 0) is 47.7 Å². The van der Waals surface area contributed by atoms with Crippen LogP contribution in [-0.2, 0) is 15.7 Å². The predicted molar refractivity (Wildman–Crippen MR) is 111 cm³/mol. The molecule has 2 unspecified atom stereocenters. The van der Waals surface area contributed by atoms with Crippen molar-refractivity contribution >= 4 is 11.9 Å². The fourth-order valence-electron chi connectivity index (χ4n) is 3.37. The maximum absolute atomic E-state index is 13.6. The highest BCUT2D eigenvalue weighted by atomic mass is 19.2. The van der Waals surface area contributed by atoms with Gasteiger partial charge in [0.2, 0.25) is 0 Å². The quantitative estimate of drug-likeness (QED) is 0.686. The van der Waals surface area contributed by atoms with Gasteiger partial charge in [-0.3, -0.25) is 9.69 Å². The molecular formula is C23H26F2N2O4. The Morgan fingerprint density at radius 3 is 2.32 bits per heavy atom. The average Bonchev–Trinajstić information content (AvgIpc) is 2.92. The van der Waals surface area contributed by atoms with E-state index in [-0.39, 0.29) is 24.1 Å². The first kappa shape index (κ1) is 22.7. The van der Waals surface area contributed by atoms with Gasteiger partial charge in [-0.1, -0.05) is 39.0 Å². The third-order valence-electron chi connectivity index (χ3n) is 5.33. The number of nitrogens with one attached hydrogen (secondary N) is 1. The van der Waals surface area contributed by atoms with Gasteiger partial charge in [0.25, 0.3) is 5.91 Å². The zero-order chi connectivity index (χ0) is 23.0. The summed E-state index contributed by atoms with van der Waals surface area (Å²) in [7, 11) is 0. The fourth-order valence-corrected chi connectivity index (χ4v) is 3.37. The van der Waals surface area contributed by atoms with Crippen LogP contribution in [0.1, 0.15) is 38.8 Å². The van der Waals surface area contributed by atoms with Gasteiger partial charge in [-0.2, -0.15) is 0 Å². The number of hydrogen-bond acceptors (Lipinski definition) is 4. The molecular weight excluding hydrogens is 406 g/mol. The van der Waals surface area contributed by atoms with E-state index in [2.05, 4.69) is 26.1 Å². The minimum absolute atomic E-state index is 0.00160. The highest BCUT2D eigenvalue weighted by molar-refractivity contribution is 6.07. The lowest BCUT2D eigenvalue weighted by Crippen LogP contribution is -2.42. The van der Waals surface area contributed by atoms with Crippen LogP contribution in [0, 0.1) is 11.6 Å². The van der Waals surface area contributed by atoms with E-state index in [1.165, 1.54) is 13.0 Å². The molecule has 2 aromatic rings. The molecule has 31 heavy (non-hydrogen) atoms. The van der Waals surface area contributed by atoms with Crippen LogP contribution in [0.4, 0.5) is 13.6 Å². The molecule has 8 heteroatoms. The molecule has 1 aliphatic heterocycles. The van der Waals surface area contributed by atoms with Crippen LogP contribution in [0.5, 0.6) is 5.75 Å². The average molecular weight is 432 g/mol. The minimum Gasteiger partial charge on any atom is -0.491 e. The van der Waals surface area contributed by atoms with Crippen molar-refractivity contribution in [2.45, 2.75) is 44.8 Å². The summed E-state index contributed by atoms with van der Waals surface area (Å²) in [5.41, 5.74) is -0.315. The number of hydrogen-bond donors (Lipinski definition) is 2. The summed E-state index contributed by atoms with van der Waals surface area (Å²) in [6.07, 6.45) is -1.13. The molecule has 0 aliphatic carbocycles. The van der Waals surface area contributed by atoms with Crippen LogP contribution >= 0.6 is 0 Å². The predicted octanol–water partition coefficient (Wildman–Crippen LogP) is 3.47. The van der Waals surface area contributed by atoms with Crippen molar-refractivity contribution in [1.29, 1.82) is 0 Å². The van der Waals surface area contributed by atoms with E-state index in [9.17, 15) is 23.5 Å². The number of carbonyl (C=O) groups is 2. The molecule has 0 radical (unpaired) electrons. The Bertz CT molecular complexity index is 988. The summed E-state index contributed by atoms with van der Waals surface area (Å²) in [6, 6.07) is 9.73. The van der Waals surface area contributed by atoms with Gasteiger partial charge in [-0.25, -0.2) is 13.6 Å². The monoisotopic (exact) mass is 432 g/mol. The number of aliphatic hydroxyl groups excluding tert-OH is 1. The number of amides is 3. The zero-order valence-corrected chi connectivity index (χ0v) is 17.9. The third-order valence-corrected chi connectivity index (χ3v) is 5.33. The number of urea groups is 1. The number of halogens is 2. The lowest BCUT2D eigenvalue weighted by molar-refractivity contribution is -0.132. The maximum atomic E-state index is 13.6. The van der Waals surface area contributed by atoms with Crippen molar-refractivity contribution in [3.8, 4) is 5.75 Å². The van der Waals surface area contributed by atoms with Gasteiger partial charge >= 0.3 is 6.03 Å². The Morgan fingerprint density at radius 2 is 1.74 bits per heavy atom. The third kappa shape index (κ3) is 4.69. The molecule has 0 aromatic heterocycles. The van der Waals surface area contributed by atoms with E-state index in [0.29, 0.717) is 5.75 Å². The second kappa shape index (κ2) is 8.26. The van der Waals surface area contributed by atoms with Gasteiger partial charge in [0.05, 0.1) is 6.54 Å². The first-order chi connectivity index (χ1) is 14.4. The SMILES string of the molecule is CC(C)(C)c1ccc(OCC(O)CN2C(=O)NC(C)(c3ccc(F)c(F)c3)C2=O)cc1. The molecule has 0 bridgehead atoms. The number of ether oxygens (including phenoxy) is 1. The molecule has 6 nitrogen and oxygen atoms in total. The van der Waals surface area contributed by atoms with E-state index < -0.39 is 35.2 Å². The van der Waals surface area contributed by atoms with Crippen molar-refractivity contribution in [3.63, 3.8) is 0 Å². The number of carbonyl (C=O) groups excluding carboxylic acids is 2. The van der Waals surface area contributed by atoms with Gasteiger partial charge in [-0.15, -0.1) is 0 Å². The van der Waals surface area contributed by atoms with Gasteiger partial charge < -0.3 is 15.2 Å². The van der Waals surface area contributed by atoms with E-state index in [4.69, 9.17) is 4.74 Å². The zero-order valence-electron chi connectivity index (χ0n) is 17.9. The molecule has 1 fully saturated rings. The standard InChI is InChI=1S/C23H26F2N2O4/c1-22(2,3)14-5-8-17(9-6-14)31-13-16(28)12-27-20(29)23(4,26-21(27)30)15-7-10-18(24)19(25)11-15/h5-11,16,28H,12-13H2,1-4H3,(H,26,30). The van der Waals surface area contributed by atoms with Gasteiger partial charge in [0, 0.05) is 0 Å². The molecule has 2 N–H and O–H groups in total. The second-order valence-electron chi connectivity index (χ2n) is 8.84. The topological polar surface area (TPSA) is 78.9 Å². The molecule has 1 aliphatic rings. The smallest absolute Gasteiger partial charge is 0.325 e. The van der Waals surface area contributed by atoms with Crippen LogP contribution in [0.3, 0.4) is 0 Å². The second-order valence-corrected chi connectivity index (χ2v) is 8.84. The number of β-amino-alcohol motifs (C(OH)–C–C–N with tert-alkyl or cyclic N) is 1. The molecule has 1 heterocycles. The summed E-state index contributed by atoms with van der Waals surface area (Å²) in [4.78, 5) is 26.0. The molecule has 2 atom stereocenters. The molecule has 166 valence electrons. The molecule has 3 amide bonds. The lowest BCUT2D eigenvalue weighted by atomic mass is 9.87. The molecule has 1 saturated heterocycles. The molecule has 2 aromatic carbocycles. The highest BCUT2D eigenvalue weighted by Crippen LogP contribution is 2.30. The summed E-state index contributed by atoms with van der Waals surface area (Å²) >= 11 is 0. The Hall–Kier alpha value is -3.00. The van der Waals surface area contributed by atoms with E-state index >= 15 is 0 Å². The largest absolute Gasteiger partial charge is 0.491 e. The van der Waals surface area contributed by atoms with Crippen molar-refractivity contribution in [3.05, 3.63) is 65.2 Å². The molecule has 3 rings (SSSR count). The van der Waals surface area contributed by atoms with E-state index in [1.807, 2.05) is 12.1 Å². The first-order valence-electron chi connectivity index (χ1n) is 9.93. The number of imide groups is 1. The summed E-state index contributed by atoms with van der Waals surface area (Å²) < 4.78 is 32.4. The van der Waals surface area contributed by atoms with Crippen LogP contribution in [-0.4, -0.2) is 41.2 Å². The highest BCUT2D eigenvalue weighted by Gasteiger charge is 2.49. The number of nitrogens with zero attached hydrogens (tertiary/aromatic N) is 1. The Balaban J connectivity index is 1.63. The van der Waals surface area contributed by atoms with Gasteiger partial charge in [0.1, 0.15) is 24.0 Å². The van der Waals surface area contributed by atoms with Crippen LogP contribution in [0.15, 0.2) is 42.5 Å². The Morgan fingerprint density at radius 1 is 1.10 bits per heavy atom. The minimum atomic E-state index is -1.56. The fraction of sp³-hybridized carbons (Fsp3) is 0.391. The van der Waals surface area contributed by atoms with E-state index in [1.54, 1.807) is 12.1 Å². The van der Waals surface area contributed by atoms with Crippen molar-refractivity contribution < 1.29 is 28.2 Å². The number of benzene rings is 2. The lowest BCUT2D eigenvalue weighted by Gasteiger charge is -2.23. The molecule has 0 saturated carbocycles.